The number of nitrogens with one attached hydrogen (secondary N) is 2. The van der Waals surface area contributed by atoms with Gasteiger partial charge in [0.05, 0.1) is 23.6 Å². The van der Waals surface area contributed by atoms with Crippen LogP contribution in [-0.2, 0) is 13.2 Å². The van der Waals surface area contributed by atoms with Crippen LogP contribution in [0.3, 0.4) is 0 Å². The van der Waals surface area contributed by atoms with Crippen molar-refractivity contribution >= 4 is 16.9 Å². The molecule has 2 heterocycles. The lowest BCUT2D eigenvalue weighted by molar-refractivity contribution is 0.0949. The first-order valence-corrected chi connectivity index (χ1v) is 9.31. The molecule has 2 N–H and O–H groups in total. The normalized spacial score (nSPS) is 11.1. The smallest absolute Gasteiger partial charge is 0.251 e. The Bertz CT molecular complexity index is 1100. The van der Waals surface area contributed by atoms with E-state index in [1.54, 1.807) is 28.9 Å². The summed E-state index contributed by atoms with van der Waals surface area (Å²) in [5.74, 6) is 1.69. The van der Waals surface area contributed by atoms with Crippen molar-refractivity contribution in [2.45, 2.75) is 33.0 Å². The second kappa shape index (κ2) is 8.09. The minimum absolute atomic E-state index is 0.138. The van der Waals surface area contributed by atoms with Gasteiger partial charge in [-0.25, -0.2) is 9.67 Å². The second-order valence-electron chi connectivity index (χ2n) is 6.83. The molecule has 0 saturated carbocycles. The van der Waals surface area contributed by atoms with Crippen LogP contribution >= 0.6 is 0 Å². The van der Waals surface area contributed by atoms with Crippen molar-refractivity contribution in [2.75, 3.05) is 0 Å². The van der Waals surface area contributed by atoms with Gasteiger partial charge < -0.3 is 15.0 Å². The predicted octanol–water partition coefficient (Wildman–Crippen LogP) is 2.64. The van der Waals surface area contributed by atoms with Crippen molar-refractivity contribution in [3.63, 3.8) is 0 Å². The van der Waals surface area contributed by atoms with E-state index in [4.69, 9.17) is 4.74 Å². The number of ether oxygens (including phenoxy) is 1. The van der Waals surface area contributed by atoms with E-state index >= 15 is 0 Å². The number of imidazole rings is 1. The molecule has 0 bridgehead atoms. The second-order valence-corrected chi connectivity index (χ2v) is 6.83. The molecule has 0 spiro atoms. The largest absolute Gasteiger partial charge is 0.486 e. The Hall–Kier alpha value is -3.75. The highest BCUT2D eigenvalue weighted by molar-refractivity contribution is 5.94. The molecule has 2 aromatic carbocycles. The summed E-state index contributed by atoms with van der Waals surface area (Å²) in [6, 6.07) is 14.9. The van der Waals surface area contributed by atoms with Crippen LogP contribution < -0.4 is 10.1 Å². The molecule has 0 fully saturated rings. The number of carbonyl (C=O) groups excluding carboxylic acids is 1. The third-order valence-corrected chi connectivity index (χ3v) is 4.37. The zero-order chi connectivity index (χ0) is 20.2. The quantitative estimate of drug-likeness (QED) is 0.501. The van der Waals surface area contributed by atoms with E-state index in [-0.39, 0.29) is 18.6 Å². The fourth-order valence-electron chi connectivity index (χ4n) is 2.94. The predicted molar refractivity (Wildman–Crippen MR) is 106 cm³/mol. The number of aromatic nitrogens is 6. The van der Waals surface area contributed by atoms with Crippen LogP contribution in [0.15, 0.2) is 48.5 Å². The molecule has 0 saturated heterocycles. The number of benzene rings is 2. The van der Waals surface area contributed by atoms with Gasteiger partial charge >= 0.3 is 0 Å². The monoisotopic (exact) mass is 391 g/mol. The Kier molecular flexibility index (Phi) is 5.19. The van der Waals surface area contributed by atoms with Crippen molar-refractivity contribution in [2.24, 2.45) is 0 Å². The highest BCUT2D eigenvalue weighted by Crippen LogP contribution is 2.16. The average Bonchev–Trinajstić information content (AvgIpc) is 3.37. The van der Waals surface area contributed by atoms with Gasteiger partial charge in [0.25, 0.3) is 5.91 Å². The molecule has 0 unspecified atom stereocenters. The first-order chi connectivity index (χ1) is 14.1. The molecule has 9 heteroatoms. The SMILES string of the molecule is CC(C)n1nnnc1COc1cccc(C(=O)NCc2nc3ccccc3[nH]2)c1. The zero-order valence-electron chi connectivity index (χ0n) is 16.2. The van der Waals surface area contributed by atoms with Crippen molar-refractivity contribution in [1.29, 1.82) is 0 Å². The summed E-state index contributed by atoms with van der Waals surface area (Å²) >= 11 is 0. The van der Waals surface area contributed by atoms with Crippen LogP contribution in [-0.4, -0.2) is 36.1 Å². The summed E-state index contributed by atoms with van der Waals surface area (Å²) in [4.78, 5) is 20.2. The highest BCUT2D eigenvalue weighted by Gasteiger charge is 2.12. The van der Waals surface area contributed by atoms with Crippen LogP contribution in [0.5, 0.6) is 5.75 Å². The minimum atomic E-state index is -0.206. The van der Waals surface area contributed by atoms with E-state index in [1.807, 2.05) is 38.1 Å². The molecule has 9 nitrogen and oxygen atoms in total. The summed E-state index contributed by atoms with van der Waals surface area (Å²) in [5, 5.41) is 14.5. The van der Waals surface area contributed by atoms with Crippen molar-refractivity contribution in [3.05, 3.63) is 65.7 Å². The number of hydrogen-bond acceptors (Lipinski definition) is 6. The molecule has 4 rings (SSSR count). The number of H-pyrrole nitrogens is 1. The van der Waals surface area contributed by atoms with Gasteiger partial charge in [0.1, 0.15) is 18.2 Å². The number of rotatable bonds is 7. The summed E-state index contributed by atoms with van der Waals surface area (Å²) in [6.45, 7) is 4.51. The minimum Gasteiger partial charge on any atom is -0.486 e. The molecule has 0 radical (unpaired) electrons. The van der Waals surface area contributed by atoms with Crippen LogP contribution in [0.4, 0.5) is 0 Å². The Morgan fingerprint density at radius 2 is 2.07 bits per heavy atom. The van der Waals surface area contributed by atoms with Gasteiger partial charge in [-0.15, -0.1) is 5.10 Å². The van der Waals surface area contributed by atoms with Crippen molar-refractivity contribution in [3.8, 4) is 5.75 Å². The molecule has 1 amide bonds. The van der Waals surface area contributed by atoms with Crippen molar-refractivity contribution < 1.29 is 9.53 Å². The van der Waals surface area contributed by atoms with Gasteiger partial charge in [-0.3, -0.25) is 4.79 Å². The van der Waals surface area contributed by atoms with Crippen LogP contribution in [0.1, 0.15) is 41.9 Å². The molecule has 4 aromatic rings. The lowest BCUT2D eigenvalue weighted by atomic mass is 10.2. The summed E-state index contributed by atoms with van der Waals surface area (Å²) in [6.07, 6.45) is 0. The molecule has 0 aliphatic rings. The van der Waals surface area contributed by atoms with Crippen LogP contribution in [0.25, 0.3) is 11.0 Å². The fourth-order valence-corrected chi connectivity index (χ4v) is 2.94. The molecular weight excluding hydrogens is 370 g/mol. The van der Waals surface area contributed by atoms with Gasteiger partial charge in [0, 0.05) is 5.56 Å². The first kappa shape index (κ1) is 18.6. The number of nitrogens with zero attached hydrogens (tertiary/aromatic N) is 5. The summed E-state index contributed by atoms with van der Waals surface area (Å²) in [7, 11) is 0. The molecule has 2 aromatic heterocycles. The number of carbonyl (C=O) groups is 1. The number of tetrazole rings is 1. The standard InChI is InChI=1S/C20H21N7O2/c1-13(2)27-19(24-25-26-27)12-29-15-7-5-6-14(10-15)20(28)21-11-18-22-16-8-3-4-9-17(16)23-18/h3-10,13H,11-12H2,1-2H3,(H,21,28)(H,22,23). The number of hydrogen-bond donors (Lipinski definition) is 2. The number of fused-ring (bicyclic) bond motifs is 1. The lowest BCUT2D eigenvalue weighted by Gasteiger charge is -2.10. The van der Waals surface area contributed by atoms with Gasteiger partial charge in [0.15, 0.2) is 5.82 Å². The number of aromatic amines is 1. The van der Waals surface area contributed by atoms with E-state index in [0.29, 0.717) is 29.5 Å². The summed E-state index contributed by atoms with van der Waals surface area (Å²) in [5.41, 5.74) is 2.31. The van der Waals surface area contributed by atoms with Crippen molar-refractivity contribution in [1.82, 2.24) is 35.5 Å². The Balaban J connectivity index is 1.38. The van der Waals surface area contributed by atoms with Gasteiger partial charge in [-0.2, -0.15) is 0 Å². The number of para-hydroxylation sites is 2. The molecule has 0 aliphatic heterocycles. The van der Waals surface area contributed by atoms with Gasteiger partial charge in [0.2, 0.25) is 0 Å². The topological polar surface area (TPSA) is 111 Å². The van der Waals surface area contributed by atoms with Crippen LogP contribution in [0, 0.1) is 0 Å². The lowest BCUT2D eigenvalue weighted by Crippen LogP contribution is -2.23. The third-order valence-electron chi connectivity index (χ3n) is 4.37. The first-order valence-electron chi connectivity index (χ1n) is 9.31. The van der Waals surface area contributed by atoms with Crippen LogP contribution in [0.2, 0.25) is 0 Å². The van der Waals surface area contributed by atoms with E-state index in [9.17, 15) is 4.79 Å². The van der Waals surface area contributed by atoms with E-state index in [1.165, 1.54) is 0 Å². The molecule has 29 heavy (non-hydrogen) atoms. The fraction of sp³-hybridized carbons (Fsp3) is 0.250. The van der Waals surface area contributed by atoms with E-state index in [0.717, 1.165) is 11.0 Å². The van der Waals surface area contributed by atoms with Gasteiger partial charge in [-0.05, 0) is 54.6 Å². The highest BCUT2D eigenvalue weighted by atomic mass is 16.5. The number of amides is 1. The maximum absolute atomic E-state index is 12.5. The van der Waals surface area contributed by atoms with Gasteiger partial charge in [-0.1, -0.05) is 18.2 Å². The molecule has 148 valence electrons. The zero-order valence-corrected chi connectivity index (χ0v) is 16.2. The molecule has 0 atom stereocenters. The molecule has 0 aliphatic carbocycles. The summed E-state index contributed by atoms with van der Waals surface area (Å²) < 4.78 is 7.47. The average molecular weight is 391 g/mol. The maximum Gasteiger partial charge on any atom is 0.251 e. The van der Waals surface area contributed by atoms with E-state index < -0.39 is 0 Å². The Morgan fingerprint density at radius 1 is 1.21 bits per heavy atom. The van der Waals surface area contributed by atoms with E-state index in [2.05, 4.69) is 30.8 Å². The Labute approximate surface area is 167 Å². The third kappa shape index (κ3) is 4.23. The maximum atomic E-state index is 12.5. The molecular formula is C20H21N7O2. The Morgan fingerprint density at radius 3 is 2.90 bits per heavy atom.